The Morgan fingerprint density at radius 3 is 2.21 bits per heavy atom. The van der Waals surface area contributed by atoms with E-state index >= 15 is 0 Å². The van der Waals surface area contributed by atoms with Crippen molar-refractivity contribution in [1.29, 1.82) is 0 Å². The Labute approximate surface area is 127 Å². The van der Waals surface area contributed by atoms with E-state index < -0.39 is 6.10 Å². The van der Waals surface area contributed by atoms with Crippen LogP contribution in [-0.4, -0.2) is 5.11 Å². The summed E-state index contributed by atoms with van der Waals surface area (Å²) in [5.41, 5.74) is 3.62. The molecule has 1 aliphatic carbocycles. The van der Waals surface area contributed by atoms with Crippen LogP contribution >= 0.6 is 22.6 Å². The molecule has 3 rings (SSSR count). The molecule has 1 unspecified atom stereocenters. The first-order chi connectivity index (χ1) is 9.22. The summed E-state index contributed by atoms with van der Waals surface area (Å²) >= 11 is 2.29. The molecule has 0 spiro atoms. The van der Waals surface area contributed by atoms with Crippen LogP contribution in [-0.2, 0) is 6.42 Å². The van der Waals surface area contributed by atoms with Crippen molar-refractivity contribution in [2.75, 3.05) is 0 Å². The lowest BCUT2D eigenvalue weighted by molar-refractivity contribution is 0.178. The summed E-state index contributed by atoms with van der Waals surface area (Å²) in [5, 5.41) is 10.3. The fraction of sp³-hybridized carbons (Fsp3) is 0.294. The molecule has 2 heteroatoms. The minimum Gasteiger partial charge on any atom is -0.388 e. The van der Waals surface area contributed by atoms with E-state index in [0.29, 0.717) is 6.42 Å². The maximum Gasteiger partial charge on any atom is 0.0830 e. The van der Waals surface area contributed by atoms with E-state index in [-0.39, 0.29) is 0 Å². The maximum atomic E-state index is 10.3. The Kier molecular flexibility index (Phi) is 3.89. The van der Waals surface area contributed by atoms with Crippen molar-refractivity contribution < 1.29 is 5.11 Å². The molecule has 98 valence electrons. The molecule has 0 amide bonds. The Morgan fingerprint density at radius 1 is 1.00 bits per heavy atom. The van der Waals surface area contributed by atoms with Crippen LogP contribution in [0.4, 0.5) is 0 Å². The van der Waals surface area contributed by atoms with Crippen LogP contribution in [0.2, 0.25) is 0 Å². The summed E-state index contributed by atoms with van der Waals surface area (Å²) in [5.74, 6) is 0.780. The first kappa shape index (κ1) is 13.1. The minimum atomic E-state index is -0.409. The van der Waals surface area contributed by atoms with E-state index in [4.69, 9.17) is 0 Å². The first-order valence-electron chi connectivity index (χ1n) is 6.75. The maximum absolute atomic E-state index is 10.3. The van der Waals surface area contributed by atoms with Crippen molar-refractivity contribution in [2.24, 2.45) is 0 Å². The van der Waals surface area contributed by atoms with Crippen molar-refractivity contribution in [3.63, 3.8) is 0 Å². The van der Waals surface area contributed by atoms with E-state index in [1.165, 1.54) is 27.5 Å². The van der Waals surface area contributed by atoms with Gasteiger partial charge in [0.1, 0.15) is 0 Å². The Bertz CT molecular complexity index is 540. The lowest BCUT2D eigenvalue weighted by Gasteiger charge is -2.12. The molecule has 1 nitrogen and oxygen atoms in total. The second-order valence-electron chi connectivity index (χ2n) is 5.29. The van der Waals surface area contributed by atoms with Crippen LogP contribution in [0.25, 0.3) is 0 Å². The van der Waals surface area contributed by atoms with Crippen molar-refractivity contribution in [2.45, 2.75) is 31.3 Å². The summed E-state index contributed by atoms with van der Waals surface area (Å²) in [6, 6.07) is 16.8. The normalized spacial score (nSPS) is 16.3. The van der Waals surface area contributed by atoms with Gasteiger partial charge in [-0.3, -0.25) is 0 Å². The smallest absolute Gasteiger partial charge is 0.0830 e. The number of aliphatic hydroxyl groups excluding tert-OH is 1. The standard InChI is InChI=1S/C17H17IO/c18-16-9-1-12(2-10-16)11-17(19)15-7-5-14(6-8-15)13-3-4-13/h1-2,5-10,13,17,19H,3-4,11H2. The number of rotatable bonds is 4. The number of aliphatic hydroxyl groups is 1. The third kappa shape index (κ3) is 3.37. The average Bonchev–Trinajstić information content (AvgIpc) is 3.26. The van der Waals surface area contributed by atoms with Crippen LogP contribution in [0.1, 0.15) is 41.6 Å². The molecule has 2 aromatic carbocycles. The highest BCUT2D eigenvalue weighted by Crippen LogP contribution is 2.40. The fourth-order valence-corrected chi connectivity index (χ4v) is 2.73. The predicted molar refractivity (Wildman–Crippen MR) is 86.2 cm³/mol. The van der Waals surface area contributed by atoms with Crippen molar-refractivity contribution in [3.8, 4) is 0 Å². The average molecular weight is 364 g/mol. The molecule has 0 heterocycles. The van der Waals surface area contributed by atoms with Gasteiger partial charge >= 0.3 is 0 Å². The molecular weight excluding hydrogens is 347 g/mol. The molecule has 1 saturated carbocycles. The van der Waals surface area contributed by atoms with Gasteiger partial charge in [0.25, 0.3) is 0 Å². The highest BCUT2D eigenvalue weighted by atomic mass is 127. The van der Waals surface area contributed by atoms with Crippen LogP contribution < -0.4 is 0 Å². The van der Waals surface area contributed by atoms with Gasteiger partial charge in [0.2, 0.25) is 0 Å². The number of hydrogen-bond donors (Lipinski definition) is 1. The molecule has 0 aliphatic heterocycles. The summed E-state index contributed by atoms with van der Waals surface area (Å²) < 4.78 is 1.23. The number of halogens is 1. The molecule has 1 fully saturated rings. The quantitative estimate of drug-likeness (QED) is 0.795. The Hall–Kier alpha value is -0.870. The van der Waals surface area contributed by atoms with Crippen molar-refractivity contribution in [1.82, 2.24) is 0 Å². The predicted octanol–water partition coefficient (Wildman–Crippen LogP) is 4.44. The highest BCUT2D eigenvalue weighted by molar-refractivity contribution is 14.1. The van der Waals surface area contributed by atoms with Gasteiger partial charge in [0.05, 0.1) is 6.10 Å². The molecule has 1 aliphatic rings. The van der Waals surface area contributed by atoms with Gasteiger partial charge in [0, 0.05) is 9.99 Å². The van der Waals surface area contributed by atoms with E-state index in [1.807, 2.05) is 0 Å². The monoisotopic (exact) mass is 364 g/mol. The summed E-state index contributed by atoms with van der Waals surface area (Å²) in [6.07, 6.45) is 2.92. The molecular formula is C17H17IO. The zero-order chi connectivity index (χ0) is 13.2. The van der Waals surface area contributed by atoms with Crippen LogP contribution in [0.15, 0.2) is 48.5 Å². The first-order valence-corrected chi connectivity index (χ1v) is 7.82. The van der Waals surface area contributed by atoms with Gasteiger partial charge in [0.15, 0.2) is 0 Å². The van der Waals surface area contributed by atoms with Crippen molar-refractivity contribution >= 4 is 22.6 Å². The largest absolute Gasteiger partial charge is 0.388 e. The lowest BCUT2D eigenvalue weighted by atomic mass is 9.99. The molecule has 2 aromatic rings. The Balaban J connectivity index is 1.68. The summed E-state index contributed by atoms with van der Waals surface area (Å²) in [6.45, 7) is 0. The summed E-state index contributed by atoms with van der Waals surface area (Å²) in [7, 11) is 0. The van der Waals surface area contributed by atoms with Crippen LogP contribution in [0.5, 0.6) is 0 Å². The van der Waals surface area contributed by atoms with Gasteiger partial charge in [-0.05, 0) is 70.2 Å². The number of benzene rings is 2. The second kappa shape index (κ2) is 5.63. The molecule has 0 aromatic heterocycles. The molecule has 0 bridgehead atoms. The lowest BCUT2D eigenvalue weighted by Crippen LogP contribution is -2.01. The van der Waals surface area contributed by atoms with E-state index in [2.05, 4.69) is 71.1 Å². The van der Waals surface area contributed by atoms with E-state index in [1.54, 1.807) is 0 Å². The topological polar surface area (TPSA) is 20.2 Å². The van der Waals surface area contributed by atoms with E-state index in [9.17, 15) is 5.11 Å². The van der Waals surface area contributed by atoms with Crippen molar-refractivity contribution in [3.05, 3.63) is 68.8 Å². The minimum absolute atomic E-state index is 0.409. The van der Waals surface area contributed by atoms with E-state index in [0.717, 1.165) is 11.5 Å². The van der Waals surface area contributed by atoms with Gasteiger partial charge in [-0.2, -0.15) is 0 Å². The SMILES string of the molecule is OC(Cc1ccc(I)cc1)c1ccc(C2CC2)cc1. The molecule has 0 radical (unpaired) electrons. The molecule has 0 saturated heterocycles. The molecule has 1 atom stereocenters. The third-order valence-corrected chi connectivity index (χ3v) is 4.43. The zero-order valence-electron chi connectivity index (χ0n) is 10.7. The molecule has 1 N–H and O–H groups in total. The van der Waals surface area contributed by atoms with Gasteiger partial charge in [-0.1, -0.05) is 36.4 Å². The van der Waals surface area contributed by atoms with Gasteiger partial charge in [-0.25, -0.2) is 0 Å². The van der Waals surface area contributed by atoms with Gasteiger partial charge < -0.3 is 5.11 Å². The summed E-state index contributed by atoms with van der Waals surface area (Å²) in [4.78, 5) is 0. The zero-order valence-corrected chi connectivity index (χ0v) is 12.9. The third-order valence-electron chi connectivity index (χ3n) is 3.71. The second-order valence-corrected chi connectivity index (χ2v) is 6.53. The van der Waals surface area contributed by atoms with Crippen LogP contribution in [0, 0.1) is 3.57 Å². The highest BCUT2D eigenvalue weighted by Gasteiger charge is 2.23. The van der Waals surface area contributed by atoms with Crippen LogP contribution in [0.3, 0.4) is 0 Å². The fourth-order valence-electron chi connectivity index (χ4n) is 2.37. The molecule has 19 heavy (non-hydrogen) atoms. The number of hydrogen-bond acceptors (Lipinski definition) is 1. The van der Waals surface area contributed by atoms with Gasteiger partial charge in [-0.15, -0.1) is 0 Å². The Morgan fingerprint density at radius 2 is 1.63 bits per heavy atom.